The number of para-hydroxylation sites is 1. The molecule has 1 aliphatic heterocycles. The molecule has 1 aromatic heterocycles. The molecule has 2 N–H and O–H groups in total. The molecule has 3 rings (SSSR count). The number of fused-ring (bicyclic) bond motifs is 1. The van der Waals surface area contributed by atoms with E-state index in [0.29, 0.717) is 18.2 Å². The lowest BCUT2D eigenvalue weighted by atomic mass is 10.0. The molecule has 1 fully saturated rings. The first kappa shape index (κ1) is 11.3. The maximum Gasteiger partial charge on any atom is 0.287 e. The lowest BCUT2D eigenvalue weighted by Gasteiger charge is -2.26. The van der Waals surface area contributed by atoms with Crippen LogP contribution in [0.4, 0.5) is 0 Å². The lowest BCUT2D eigenvalue weighted by molar-refractivity contribution is 0.0915. The average molecular weight is 244 g/mol. The highest BCUT2D eigenvalue weighted by atomic mass is 16.3. The minimum absolute atomic E-state index is 0.115. The largest absolute Gasteiger partial charge is 0.451 e. The lowest BCUT2D eigenvalue weighted by Crippen LogP contribution is -2.48. The molecule has 2 heterocycles. The highest BCUT2D eigenvalue weighted by molar-refractivity contribution is 5.98. The number of carbonyl (C=O) groups is 1. The second-order valence-corrected chi connectivity index (χ2v) is 4.79. The third-order valence-electron chi connectivity index (χ3n) is 3.47. The van der Waals surface area contributed by atoms with Crippen LogP contribution in [0.2, 0.25) is 0 Å². The van der Waals surface area contributed by atoms with E-state index in [1.165, 1.54) is 0 Å². The molecule has 0 spiro atoms. The minimum Gasteiger partial charge on any atom is -0.451 e. The van der Waals surface area contributed by atoms with Crippen LogP contribution in [0.25, 0.3) is 11.0 Å². The van der Waals surface area contributed by atoms with Gasteiger partial charge in [-0.25, -0.2) is 0 Å². The van der Waals surface area contributed by atoms with Crippen molar-refractivity contribution in [1.82, 2.24) is 10.6 Å². The first-order valence-electron chi connectivity index (χ1n) is 6.23. The van der Waals surface area contributed by atoms with Gasteiger partial charge in [0.05, 0.1) is 0 Å². The maximum absolute atomic E-state index is 12.1. The van der Waals surface area contributed by atoms with E-state index in [-0.39, 0.29) is 5.91 Å². The van der Waals surface area contributed by atoms with Crippen molar-refractivity contribution in [3.05, 3.63) is 35.6 Å². The summed E-state index contributed by atoms with van der Waals surface area (Å²) in [4.78, 5) is 12.1. The predicted octanol–water partition coefficient (Wildman–Crippen LogP) is 1.69. The van der Waals surface area contributed by atoms with Gasteiger partial charge in [0.15, 0.2) is 5.76 Å². The summed E-state index contributed by atoms with van der Waals surface area (Å²) in [7, 11) is 0. The van der Waals surface area contributed by atoms with Gasteiger partial charge in [-0.1, -0.05) is 18.2 Å². The van der Waals surface area contributed by atoms with Crippen LogP contribution in [0.1, 0.15) is 16.1 Å². The molecule has 2 aromatic rings. The molecule has 1 aromatic carbocycles. The summed E-state index contributed by atoms with van der Waals surface area (Å²) in [6.45, 7) is 4.60. The van der Waals surface area contributed by atoms with Gasteiger partial charge in [0, 0.05) is 36.5 Å². The van der Waals surface area contributed by atoms with E-state index >= 15 is 0 Å². The molecule has 94 valence electrons. The number of aryl methyl sites for hydroxylation is 1. The zero-order chi connectivity index (χ0) is 12.5. The summed E-state index contributed by atoms with van der Waals surface area (Å²) in [5.74, 6) is 0.873. The normalized spacial score (nSPS) is 15.6. The number of hydrogen-bond donors (Lipinski definition) is 2. The molecule has 1 amide bonds. The molecule has 4 heteroatoms. The van der Waals surface area contributed by atoms with E-state index < -0.39 is 0 Å². The number of amides is 1. The Bertz CT molecular complexity index is 584. The van der Waals surface area contributed by atoms with Crippen molar-refractivity contribution in [1.29, 1.82) is 0 Å². The third-order valence-corrected chi connectivity index (χ3v) is 3.47. The fraction of sp³-hybridized carbons (Fsp3) is 0.357. The van der Waals surface area contributed by atoms with E-state index in [9.17, 15) is 4.79 Å². The van der Waals surface area contributed by atoms with Gasteiger partial charge in [-0.3, -0.25) is 4.79 Å². The number of nitrogens with one attached hydrogen (secondary N) is 2. The Morgan fingerprint density at radius 1 is 1.44 bits per heavy atom. The van der Waals surface area contributed by atoms with E-state index in [4.69, 9.17) is 4.42 Å². The van der Waals surface area contributed by atoms with Gasteiger partial charge in [0.1, 0.15) is 5.58 Å². The van der Waals surface area contributed by atoms with Crippen LogP contribution in [0.15, 0.2) is 28.7 Å². The van der Waals surface area contributed by atoms with E-state index in [1.807, 2.05) is 31.2 Å². The third kappa shape index (κ3) is 1.88. The fourth-order valence-electron chi connectivity index (χ4n) is 2.20. The van der Waals surface area contributed by atoms with Crippen molar-refractivity contribution in [2.45, 2.75) is 6.92 Å². The van der Waals surface area contributed by atoms with E-state index in [1.54, 1.807) is 0 Å². The Morgan fingerprint density at radius 3 is 2.89 bits per heavy atom. The molecule has 1 aliphatic rings. The summed E-state index contributed by atoms with van der Waals surface area (Å²) in [5, 5.41) is 7.12. The Kier molecular flexibility index (Phi) is 2.80. The van der Waals surface area contributed by atoms with Crippen LogP contribution in [0.3, 0.4) is 0 Å². The van der Waals surface area contributed by atoms with Gasteiger partial charge >= 0.3 is 0 Å². The van der Waals surface area contributed by atoms with Crippen LogP contribution in [-0.2, 0) is 0 Å². The zero-order valence-electron chi connectivity index (χ0n) is 10.3. The van der Waals surface area contributed by atoms with Crippen LogP contribution in [0, 0.1) is 12.8 Å². The van der Waals surface area contributed by atoms with Gasteiger partial charge < -0.3 is 15.1 Å². The van der Waals surface area contributed by atoms with Crippen molar-refractivity contribution < 1.29 is 9.21 Å². The van der Waals surface area contributed by atoms with Crippen molar-refractivity contribution in [3.8, 4) is 0 Å². The zero-order valence-corrected chi connectivity index (χ0v) is 10.3. The van der Waals surface area contributed by atoms with Crippen LogP contribution in [-0.4, -0.2) is 25.5 Å². The predicted molar refractivity (Wildman–Crippen MR) is 69.6 cm³/mol. The average Bonchev–Trinajstić information content (AvgIpc) is 2.65. The van der Waals surface area contributed by atoms with Crippen molar-refractivity contribution in [3.63, 3.8) is 0 Å². The van der Waals surface area contributed by atoms with E-state index in [0.717, 1.165) is 29.6 Å². The number of furan rings is 1. The Balaban J connectivity index is 1.80. The van der Waals surface area contributed by atoms with Gasteiger partial charge in [0.25, 0.3) is 5.91 Å². The molecule has 0 radical (unpaired) electrons. The fourth-order valence-corrected chi connectivity index (χ4v) is 2.20. The quantitative estimate of drug-likeness (QED) is 0.864. The topological polar surface area (TPSA) is 54.3 Å². The smallest absolute Gasteiger partial charge is 0.287 e. The Morgan fingerprint density at radius 2 is 2.22 bits per heavy atom. The maximum atomic E-state index is 12.1. The monoisotopic (exact) mass is 244 g/mol. The molecule has 18 heavy (non-hydrogen) atoms. The summed E-state index contributed by atoms with van der Waals surface area (Å²) >= 11 is 0. The summed E-state index contributed by atoms with van der Waals surface area (Å²) in [6.07, 6.45) is 0. The second-order valence-electron chi connectivity index (χ2n) is 4.79. The van der Waals surface area contributed by atoms with Crippen LogP contribution >= 0.6 is 0 Å². The number of hydrogen-bond acceptors (Lipinski definition) is 3. The molecule has 0 bridgehead atoms. The first-order valence-corrected chi connectivity index (χ1v) is 6.23. The second kappa shape index (κ2) is 4.46. The van der Waals surface area contributed by atoms with Gasteiger partial charge in [-0.15, -0.1) is 0 Å². The number of carbonyl (C=O) groups excluding carboxylic acids is 1. The summed E-state index contributed by atoms with van der Waals surface area (Å²) in [6, 6.07) is 7.72. The Labute approximate surface area is 105 Å². The molecule has 1 saturated heterocycles. The van der Waals surface area contributed by atoms with Gasteiger partial charge in [0.2, 0.25) is 0 Å². The first-order chi connectivity index (χ1) is 8.75. The molecular formula is C14H16N2O2. The number of benzene rings is 1. The molecule has 0 atom stereocenters. The minimum atomic E-state index is -0.115. The molecule has 0 unspecified atom stereocenters. The van der Waals surface area contributed by atoms with Crippen LogP contribution in [0.5, 0.6) is 0 Å². The van der Waals surface area contributed by atoms with Gasteiger partial charge in [-0.05, 0) is 13.0 Å². The van der Waals surface area contributed by atoms with Crippen molar-refractivity contribution in [2.24, 2.45) is 5.92 Å². The van der Waals surface area contributed by atoms with Crippen molar-refractivity contribution >= 4 is 16.9 Å². The summed E-state index contributed by atoms with van der Waals surface area (Å²) < 4.78 is 5.62. The molecule has 0 saturated carbocycles. The molecule has 4 nitrogen and oxygen atoms in total. The van der Waals surface area contributed by atoms with E-state index in [2.05, 4.69) is 10.6 Å². The summed E-state index contributed by atoms with van der Waals surface area (Å²) in [5.41, 5.74) is 1.68. The highest BCUT2D eigenvalue weighted by Crippen LogP contribution is 2.24. The number of rotatable bonds is 3. The van der Waals surface area contributed by atoms with Crippen LogP contribution < -0.4 is 10.6 Å². The molecule has 0 aliphatic carbocycles. The van der Waals surface area contributed by atoms with Gasteiger partial charge in [-0.2, -0.15) is 0 Å². The highest BCUT2D eigenvalue weighted by Gasteiger charge is 2.21. The van der Waals surface area contributed by atoms with Crippen molar-refractivity contribution in [2.75, 3.05) is 19.6 Å². The Hall–Kier alpha value is -1.81. The molecular weight excluding hydrogens is 228 g/mol. The SMILES string of the molecule is Cc1c(C(=O)NCC2CNC2)oc2ccccc12. The standard InChI is InChI=1S/C14H16N2O2/c1-9-11-4-2-3-5-12(11)18-13(9)14(17)16-8-10-6-15-7-10/h2-5,10,15H,6-8H2,1H3,(H,16,17).